The molecule has 1 unspecified atom stereocenters. The van der Waals surface area contributed by atoms with Crippen molar-refractivity contribution in [3.05, 3.63) is 71.3 Å². The predicted octanol–water partition coefficient (Wildman–Crippen LogP) is 3.62. The largest absolute Gasteiger partial charge is 0.507 e. The van der Waals surface area contributed by atoms with Crippen molar-refractivity contribution < 1.29 is 24.2 Å². The van der Waals surface area contributed by atoms with Crippen LogP contribution < -0.4 is 4.74 Å². The van der Waals surface area contributed by atoms with Crippen LogP contribution in [0.5, 0.6) is 5.75 Å². The van der Waals surface area contributed by atoms with Crippen LogP contribution in [0, 0.1) is 0 Å². The molecule has 1 amide bonds. The SMILES string of the molecule is CCCCOc1ccc(/C(O)=C2\C(=O)C(=O)N(CCN3CCOCC3)C2c2ccccc2)cc1. The van der Waals surface area contributed by atoms with Crippen LogP contribution in [-0.2, 0) is 14.3 Å². The summed E-state index contributed by atoms with van der Waals surface area (Å²) in [5.41, 5.74) is 1.40. The number of hydrogen-bond acceptors (Lipinski definition) is 6. The van der Waals surface area contributed by atoms with Crippen molar-refractivity contribution in [1.29, 1.82) is 0 Å². The number of hydrogen-bond donors (Lipinski definition) is 1. The lowest BCUT2D eigenvalue weighted by atomic mass is 9.95. The second kappa shape index (κ2) is 11.3. The molecule has 2 heterocycles. The van der Waals surface area contributed by atoms with Crippen molar-refractivity contribution in [1.82, 2.24) is 9.80 Å². The van der Waals surface area contributed by atoms with Crippen molar-refractivity contribution >= 4 is 17.4 Å². The fourth-order valence-electron chi connectivity index (χ4n) is 4.37. The van der Waals surface area contributed by atoms with Crippen LogP contribution in [0.3, 0.4) is 0 Å². The summed E-state index contributed by atoms with van der Waals surface area (Å²) in [6.07, 6.45) is 2.01. The molecule has 0 radical (unpaired) electrons. The minimum absolute atomic E-state index is 0.123. The summed E-state index contributed by atoms with van der Waals surface area (Å²) >= 11 is 0. The Morgan fingerprint density at radius 2 is 1.74 bits per heavy atom. The maximum absolute atomic E-state index is 13.1. The van der Waals surface area contributed by atoms with Gasteiger partial charge in [0.1, 0.15) is 11.5 Å². The van der Waals surface area contributed by atoms with Gasteiger partial charge in [-0.25, -0.2) is 0 Å². The van der Waals surface area contributed by atoms with E-state index in [1.54, 1.807) is 29.2 Å². The fraction of sp³-hybridized carbons (Fsp3) is 0.407. The summed E-state index contributed by atoms with van der Waals surface area (Å²) in [5.74, 6) is -0.698. The normalized spacial score (nSPS) is 20.6. The Morgan fingerprint density at radius 3 is 2.41 bits per heavy atom. The standard InChI is InChI=1S/C27H32N2O5/c1-2-3-17-34-22-11-9-21(10-12-22)25(30)23-24(20-7-5-4-6-8-20)29(27(32)26(23)31)14-13-28-15-18-33-19-16-28/h4-12,24,30H,2-3,13-19H2,1H3/b25-23+. The van der Waals surface area contributed by atoms with Crippen LogP contribution in [0.1, 0.15) is 36.9 Å². The van der Waals surface area contributed by atoms with E-state index in [0.717, 1.165) is 31.5 Å². The fourth-order valence-corrected chi connectivity index (χ4v) is 4.37. The third-order valence-electron chi connectivity index (χ3n) is 6.31. The van der Waals surface area contributed by atoms with Gasteiger partial charge in [0.05, 0.1) is 31.4 Å². The average molecular weight is 465 g/mol. The van der Waals surface area contributed by atoms with Crippen LogP contribution in [-0.4, -0.2) is 72.6 Å². The highest BCUT2D eigenvalue weighted by atomic mass is 16.5. The molecular weight excluding hydrogens is 432 g/mol. The smallest absolute Gasteiger partial charge is 0.295 e. The zero-order valence-corrected chi connectivity index (χ0v) is 19.6. The lowest BCUT2D eigenvalue weighted by Crippen LogP contribution is -2.42. The minimum Gasteiger partial charge on any atom is -0.507 e. The van der Waals surface area contributed by atoms with E-state index in [2.05, 4.69) is 11.8 Å². The number of aliphatic hydroxyl groups is 1. The number of unbranched alkanes of at least 4 members (excludes halogenated alkanes) is 1. The molecule has 7 heteroatoms. The molecule has 0 saturated carbocycles. The van der Waals surface area contributed by atoms with E-state index in [0.29, 0.717) is 44.2 Å². The first-order chi connectivity index (χ1) is 16.6. The lowest BCUT2D eigenvalue weighted by Gasteiger charge is -2.31. The number of likely N-dealkylation sites (tertiary alicyclic amines) is 1. The molecule has 4 rings (SSSR count). The highest BCUT2D eigenvalue weighted by molar-refractivity contribution is 6.46. The first kappa shape index (κ1) is 24.0. The van der Waals surface area contributed by atoms with Crippen LogP contribution in [0.2, 0.25) is 0 Å². The van der Waals surface area contributed by atoms with E-state index < -0.39 is 17.7 Å². The molecule has 1 N–H and O–H groups in total. The first-order valence-electron chi connectivity index (χ1n) is 12.0. The number of rotatable bonds is 9. The summed E-state index contributed by atoms with van der Waals surface area (Å²) in [6.45, 7) is 6.69. The molecule has 34 heavy (non-hydrogen) atoms. The van der Waals surface area contributed by atoms with Gasteiger partial charge in [-0.05, 0) is 36.2 Å². The van der Waals surface area contributed by atoms with E-state index in [-0.39, 0.29) is 11.3 Å². The van der Waals surface area contributed by atoms with Crippen molar-refractivity contribution in [3.8, 4) is 5.75 Å². The van der Waals surface area contributed by atoms with Gasteiger partial charge in [0.2, 0.25) is 0 Å². The number of aliphatic hydroxyl groups excluding tert-OH is 1. The van der Waals surface area contributed by atoms with E-state index in [9.17, 15) is 14.7 Å². The predicted molar refractivity (Wildman–Crippen MR) is 130 cm³/mol. The van der Waals surface area contributed by atoms with Gasteiger partial charge in [-0.2, -0.15) is 0 Å². The van der Waals surface area contributed by atoms with Gasteiger partial charge >= 0.3 is 0 Å². The van der Waals surface area contributed by atoms with E-state index in [1.165, 1.54) is 0 Å². The summed E-state index contributed by atoms with van der Waals surface area (Å²) < 4.78 is 11.1. The Morgan fingerprint density at radius 1 is 1.03 bits per heavy atom. The maximum Gasteiger partial charge on any atom is 0.295 e. The van der Waals surface area contributed by atoms with Gasteiger partial charge in [0.15, 0.2) is 0 Å². The Labute approximate surface area is 200 Å². The number of morpholine rings is 1. The first-order valence-corrected chi connectivity index (χ1v) is 12.0. The van der Waals surface area contributed by atoms with Gasteiger partial charge in [0, 0.05) is 31.7 Å². The summed E-state index contributed by atoms with van der Waals surface area (Å²) in [7, 11) is 0. The summed E-state index contributed by atoms with van der Waals surface area (Å²) in [6, 6.07) is 15.8. The highest BCUT2D eigenvalue weighted by Crippen LogP contribution is 2.39. The van der Waals surface area contributed by atoms with Crippen molar-refractivity contribution in [3.63, 3.8) is 0 Å². The Kier molecular flexibility index (Phi) is 7.98. The maximum atomic E-state index is 13.1. The van der Waals surface area contributed by atoms with Crippen LogP contribution in [0.4, 0.5) is 0 Å². The zero-order valence-electron chi connectivity index (χ0n) is 19.6. The highest BCUT2D eigenvalue weighted by Gasteiger charge is 2.45. The third kappa shape index (κ3) is 5.32. The Hall–Kier alpha value is -3.16. The van der Waals surface area contributed by atoms with E-state index in [1.807, 2.05) is 30.3 Å². The molecule has 2 aliphatic heterocycles. The quantitative estimate of drug-likeness (QED) is 0.264. The molecule has 0 bridgehead atoms. The number of carbonyl (C=O) groups excluding carboxylic acids is 2. The number of ether oxygens (including phenoxy) is 2. The number of carbonyl (C=O) groups is 2. The van der Waals surface area contributed by atoms with Gasteiger partial charge in [-0.1, -0.05) is 43.7 Å². The second-order valence-corrected chi connectivity index (χ2v) is 8.58. The molecule has 0 aromatic heterocycles. The summed E-state index contributed by atoms with van der Waals surface area (Å²) in [4.78, 5) is 30.0. The molecule has 0 spiro atoms. The third-order valence-corrected chi connectivity index (χ3v) is 6.31. The molecule has 2 aromatic carbocycles. The van der Waals surface area contributed by atoms with Gasteiger partial charge in [0.25, 0.3) is 11.7 Å². The van der Waals surface area contributed by atoms with Gasteiger partial charge in [-0.3, -0.25) is 14.5 Å². The van der Waals surface area contributed by atoms with E-state index >= 15 is 0 Å². The number of amides is 1. The zero-order chi connectivity index (χ0) is 23.9. The van der Waals surface area contributed by atoms with Gasteiger partial charge in [-0.15, -0.1) is 0 Å². The Bertz CT molecular complexity index is 1010. The van der Waals surface area contributed by atoms with E-state index in [4.69, 9.17) is 9.47 Å². The molecule has 2 aliphatic rings. The van der Waals surface area contributed by atoms with Gasteiger partial charge < -0.3 is 19.5 Å². The molecule has 1 atom stereocenters. The lowest BCUT2D eigenvalue weighted by molar-refractivity contribution is -0.140. The average Bonchev–Trinajstić information content (AvgIpc) is 3.13. The topological polar surface area (TPSA) is 79.3 Å². The number of ketones is 1. The molecule has 180 valence electrons. The molecule has 0 aliphatic carbocycles. The number of nitrogens with zero attached hydrogens (tertiary/aromatic N) is 2. The minimum atomic E-state index is -0.656. The van der Waals surface area contributed by atoms with Crippen molar-refractivity contribution in [2.24, 2.45) is 0 Å². The Balaban J connectivity index is 1.63. The van der Waals surface area contributed by atoms with Crippen LogP contribution in [0.25, 0.3) is 5.76 Å². The molecule has 2 fully saturated rings. The molecule has 2 aromatic rings. The number of benzene rings is 2. The molecule has 7 nitrogen and oxygen atoms in total. The molecular formula is C27H32N2O5. The second-order valence-electron chi connectivity index (χ2n) is 8.58. The van der Waals surface area contributed by atoms with Crippen molar-refractivity contribution in [2.45, 2.75) is 25.8 Å². The van der Waals surface area contributed by atoms with Crippen LogP contribution >= 0.6 is 0 Å². The number of Topliss-reactive ketones (excluding diaryl/α,β-unsaturated/α-hetero) is 1. The van der Waals surface area contributed by atoms with Crippen molar-refractivity contribution in [2.75, 3.05) is 46.0 Å². The molecule has 2 saturated heterocycles. The monoisotopic (exact) mass is 464 g/mol. The van der Waals surface area contributed by atoms with Crippen LogP contribution in [0.15, 0.2) is 60.2 Å². The summed E-state index contributed by atoms with van der Waals surface area (Å²) in [5, 5.41) is 11.2.